The molecule has 2 saturated heterocycles. The molecule has 6 nitrogen and oxygen atoms in total. The SMILES string of the molecule is CC1CCC(N2CC(C(=O)N3CCC(CC(=O)O)CC3)CC2=O)CC1. The summed E-state index contributed by atoms with van der Waals surface area (Å²) in [4.78, 5) is 39.8. The van der Waals surface area contributed by atoms with E-state index in [2.05, 4.69) is 6.92 Å². The molecule has 1 N–H and O–H groups in total. The van der Waals surface area contributed by atoms with Gasteiger partial charge < -0.3 is 14.9 Å². The Morgan fingerprint density at radius 2 is 1.72 bits per heavy atom. The Morgan fingerprint density at radius 1 is 1.08 bits per heavy atom. The van der Waals surface area contributed by atoms with Crippen molar-refractivity contribution in [2.45, 2.75) is 64.3 Å². The molecule has 3 fully saturated rings. The van der Waals surface area contributed by atoms with Crippen LogP contribution in [0.1, 0.15) is 58.3 Å². The van der Waals surface area contributed by atoms with Gasteiger partial charge in [-0.3, -0.25) is 14.4 Å². The maximum absolute atomic E-state index is 12.8. The van der Waals surface area contributed by atoms with Gasteiger partial charge in [0.05, 0.1) is 5.92 Å². The van der Waals surface area contributed by atoms with Crippen LogP contribution < -0.4 is 0 Å². The number of carboxylic acid groups (broad SMARTS) is 1. The molecule has 25 heavy (non-hydrogen) atoms. The predicted molar refractivity (Wildman–Crippen MR) is 92.8 cm³/mol. The van der Waals surface area contributed by atoms with E-state index in [-0.39, 0.29) is 30.1 Å². The van der Waals surface area contributed by atoms with Gasteiger partial charge in [-0.25, -0.2) is 0 Å². The summed E-state index contributed by atoms with van der Waals surface area (Å²) in [7, 11) is 0. The van der Waals surface area contributed by atoms with Crippen molar-refractivity contribution < 1.29 is 19.5 Å². The first kappa shape index (κ1) is 18.2. The van der Waals surface area contributed by atoms with E-state index in [1.807, 2.05) is 9.80 Å². The van der Waals surface area contributed by atoms with Crippen molar-refractivity contribution >= 4 is 17.8 Å². The van der Waals surface area contributed by atoms with Gasteiger partial charge >= 0.3 is 5.97 Å². The van der Waals surface area contributed by atoms with Crippen LogP contribution in [0.4, 0.5) is 0 Å². The first-order chi connectivity index (χ1) is 11.9. The molecule has 2 heterocycles. The van der Waals surface area contributed by atoms with Crippen LogP contribution in [0, 0.1) is 17.8 Å². The smallest absolute Gasteiger partial charge is 0.303 e. The van der Waals surface area contributed by atoms with Gasteiger partial charge in [0.1, 0.15) is 0 Å². The van der Waals surface area contributed by atoms with Crippen molar-refractivity contribution in [3.05, 3.63) is 0 Å². The number of aliphatic carboxylic acids is 1. The zero-order chi connectivity index (χ0) is 18.0. The van der Waals surface area contributed by atoms with Gasteiger partial charge in [-0.05, 0) is 50.4 Å². The molecule has 140 valence electrons. The molecule has 0 spiro atoms. The lowest BCUT2D eigenvalue weighted by molar-refractivity contribution is -0.139. The lowest BCUT2D eigenvalue weighted by Gasteiger charge is -2.35. The van der Waals surface area contributed by atoms with E-state index in [0.717, 1.165) is 31.6 Å². The number of likely N-dealkylation sites (tertiary alicyclic amines) is 2. The van der Waals surface area contributed by atoms with Crippen molar-refractivity contribution in [2.75, 3.05) is 19.6 Å². The molecular weight excluding hydrogens is 320 g/mol. The van der Waals surface area contributed by atoms with Crippen molar-refractivity contribution in [1.29, 1.82) is 0 Å². The van der Waals surface area contributed by atoms with E-state index in [1.165, 1.54) is 12.8 Å². The van der Waals surface area contributed by atoms with E-state index in [4.69, 9.17) is 5.11 Å². The third-order valence-electron chi connectivity index (χ3n) is 6.32. The van der Waals surface area contributed by atoms with E-state index >= 15 is 0 Å². The maximum Gasteiger partial charge on any atom is 0.303 e. The molecule has 1 unspecified atom stereocenters. The van der Waals surface area contributed by atoms with Crippen molar-refractivity contribution in [3.63, 3.8) is 0 Å². The topological polar surface area (TPSA) is 77.9 Å². The van der Waals surface area contributed by atoms with Crippen LogP contribution >= 0.6 is 0 Å². The van der Waals surface area contributed by atoms with E-state index in [0.29, 0.717) is 32.1 Å². The molecule has 0 bridgehead atoms. The largest absolute Gasteiger partial charge is 0.481 e. The molecule has 3 aliphatic rings. The number of rotatable bonds is 4. The average Bonchev–Trinajstić information content (AvgIpc) is 2.97. The highest BCUT2D eigenvalue weighted by Crippen LogP contribution is 2.32. The van der Waals surface area contributed by atoms with Gasteiger partial charge in [-0.15, -0.1) is 0 Å². The van der Waals surface area contributed by atoms with Gasteiger partial charge in [0.25, 0.3) is 0 Å². The van der Waals surface area contributed by atoms with Crippen LogP contribution in [-0.4, -0.2) is 58.4 Å². The highest BCUT2D eigenvalue weighted by atomic mass is 16.4. The fourth-order valence-electron chi connectivity index (χ4n) is 4.67. The third kappa shape index (κ3) is 4.33. The van der Waals surface area contributed by atoms with Crippen LogP contribution in [0.2, 0.25) is 0 Å². The van der Waals surface area contributed by atoms with Crippen LogP contribution in [0.3, 0.4) is 0 Å². The highest BCUT2D eigenvalue weighted by molar-refractivity contribution is 5.89. The lowest BCUT2D eigenvalue weighted by Crippen LogP contribution is -2.43. The summed E-state index contributed by atoms with van der Waals surface area (Å²) in [5, 5.41) is 8.89. The predicted octanol–water partition coefficient (Wildman–Crippen LogP) is 2.13. The molecule has 1 atom stereocenters. The lowest BCUT2D eigenvalue weighted by atomic mass is 9.86. The second-order valence-electron chi connectivity index (χ2n) is 8.23. The molecule has 0 radical (unpaired) electrons. The number of carbonyl (C=O) groups is 3. The first-order valence-corrected chi connectivity index (χ1v) is 9.74. The Balaban J connectivity index is 1.50. The first-order valence-electron chi connectivity index (χ1n) is 9.74. The standard InChI is InChI=1S/C19H30N2O4/c1-13-2-4-16(5-3-13)21-12-15(11-17(21)22)19(25)20-8-6-14(7-9-20)10-18(23)24/h13-16H,2-12H2,1H3,(H,23,24). The van der Waals surface area contributed by atoms with Crippen LogP contribution in [-0.2, 0) is 14.4 Å². The van der Waals surface area contributed by atoms with Gasteiger partial charge in [-0.1, -0.05) is 6.92 Å². The second-order valence-corrected chi connectivity index (χ2v) is 8.23. The molecule has 0 aromatic carbocycles. The maximum atomic E-state index is 12.8. The summed E-state index contributed by atoms with van der Waals surface area (Å²) in [5.41, 5.74) is 0. The number of piperidine rings is 1. The monoisotopic (exact) mass is 350 g/mol. The zero-order valence-electron chi connectivity index (χ0n) is 15.2. The fraction of sp³-hybridized carbons (Fsp3) is 0.842. The third-order valence-corrected chi connectivity index (χ3v) is 6.32. The second kappa shape index (κ2) is 7.75. The molecule has 2 amide bonds. The van der Waals surface area contributed by atoms with E-state index in [1.54, 1.807) is 0 Å². The van der Waals surface area contributed by atoms with Crippen LogP contribution in [0.15, 0.2) is 0 Å². The Kier molecular flexibility index (Phi) is 5.64. The van der Waals surface area contributed by atoms with Crippen LogP contribution in [0.25, 0.3) is 0 Å². The molecular formula is C19H30N2O4. The number of hydrogen-bond acceptors (Lipinski definition) is 3. The summed E-state index contributed by atoms with van der Waals surface area (Å²) in [6.07, 6.45) is 6.51. The zero-order valence-corrected chi connectivity index (χ0v) is 15.2. The Morgan fingerprint density at radius 3 is 2.32 bits per heavy atom. The number of nitrogens with zero attached hydrogens (tertiary/aromatic N) is 2. The molecule has 3 rings (SSSR count). The molecule has 0 aromatic heterocycles. The van der Waals surface area contributed by atoms with Gasteiger partial charge in [0.15, 0.2) is 0 Å². The quantitative estimate of drug-likeness (QED) is 0.842. The minimum atomic E-state index is -0.761. The minimum absolute atomic E-state index is 0.0915. The average molecular weight is 350 g/mol. The van der Waals surface area contributed by atoms with Crippen molar-refractivity contribution in [2.24, 2.45) is 17.8 Å². The summed E-state index contributed by atoms with van der Waals surface area (Å²) in [5.74, 6) is 0.185. The summed E-state index contributed by atoms with van der Waals surface area (Å²) >= 11 is 0. The van der Waals surface area contributed by atoms with Crippen molar-refractivity contribution in [1.82, 2.24) is 9.80 Å². The molecule has 6 heteroatoms. The highest BCUT2D eigenvalue weighted by Gasteiger charge is 2.40. The Hall–Kier alpha value is -1.59. The summed E-state index contributed by atoms with van der Waals surface area (Å²) in [6, 6.07) is 0.322. The Bertz CT molecular complexity index is 520. The minimum Gasteiger partial charge on any atom is -0.481 e. The van der Waals surface area contributed by atoms with Gasteiger partial charge in [-0.2, -0.15) is 0 Å². The molecule has 1 aliphatic carbocycles. The van der Waals surface area contributed by atoms with Crippen LogP contribution in [0.5, 0.6) is 0 Å². The number of carboxylic acids is 1. The van der Waals surface area contributed by atoms with Crippen molar-refractivity contribution in [3.8, 4) is 0 Å². The molecule has 2 aliphatic heterocycles. The molecule has 0 aromatic rings. The fourth-order valence-corrected chi connectivity index (χ4v) is 4.67. The normalized spacial score (nSPS) is 31.4. The van der Waals surface area contributed by atoms with E-state index in [9.17, 15) is 14.4 Å². The number of carbonyl (C=O) groups excluding carboxylic acids is 2. The molecule has 1 saturated carbocycles. The number of hydrogen-bond donors (Lipinski definition) is 1. The number of amides is 2. The summed E-state index contributed by atoms with van der Waals surface area (Å²) < 4.78 is 0. The summed E-state index contributed by atoms with van der Waals surface area (Å²) in [6.45, 7) is 4.10. The Labute approximate surface area is 149 Å². The van der Waals surface area contributed by atoms with Gasteiger partial charge in [0.2, 0.25) is 11.8 Å². The van der Waals surface area contributed by atoms with Gasteiger partial charge in [0, 0.05) is 38.5 Å². The van der Waals surface area contributed by atoms with E-state index < -0.39 is 5.97 Å².